The van der Waals surface area contributed by atoms with E-state index in [0.717, 1.165) is 38.5 Å². The molecule has 45 heavy (non-hydrogen) atoms. The molecule has 0 radical (unpaired) electrons. The molecular formula is C31H57NO12S. The van der Waals surface area contributed by atoms with Gasteiger partial charge < -0.3 is 40.3 Å². The van der Waals surface area contributed by atoms with Crippen LogP contribution in [0.1, 0.15) is 104 Å². The molecule has 13 nitrogen and oxygen atoms in total. The second kappa shape index (κ2) is 23.8. The fraction of sp³-hybridized carbons (Fsp3) is 0.839. The van der Waals surface area contributed by atoms with Gasteiger partial charge in [-0.2, -0.15) is 8.42 Å². The Balaban J connectivity index is 2.82. The van der Waals surface area contributed by atoms with Gasteiger partial charge in [0.05, 0.1) is 25.4 Å². The van der Waals surface area contributed by atoms with Crippen LogP contribution in [0.3, 0.4) is 0 Å². The number of hydrogen-bond acceptors (Lipinski definition) is 11. The molecule has 0 aromatic rings. The normalized spacial score (nSPS) is 24.7. The van der Waals surface area contributed by atoms with Gasteiger partial charge in [0.2, 0.25) is 5.91 Å². The highest BCUT2D eigenvalue weighted by Gasteiger charge is 2.48. The van der Waals surface area contributed by atoms with Crippen molar-refractivity contribution in [2.45, 2.75) is 153 Å². The van der Waals surface area contributed by atoms with Crippen molar-refractivity contribution in [1.29, 1.82) is 0 Å². The van der Waals surface area contributed by atoms with Crippen molar-refractivity contribution >= 4 is 16.3 Å². The monoisotopic (exact) mass is 667 g/mol. The van der Waals surface area contributed by atoms with Crippen LogP contribution in [0.25, 0.3) is 0 Å². The number of amides is 1. The summed E-state index contributed by atoms with van der Waals surface area (Å²) in [6, 6.07) is -1.13. The van der Waals surface area contributed by atoms with Gasteiger partial charge in [0.15, 0.2) is 6.29 Å². The lowest BCUT2D eigenvalue weighted by Gasteiger charge is -2.41. The quantitative estimate of drug-likeness (QED) is 0.0425. The molecule has 1 rings (SSSR count). The first kappa shape index (κ1) is 41.6. The van der Waals surface area contributed by atoms with Crippen molar-refractivity contribution in [3.63, 3.8) is 0 Å². The summed E-state index contributed by atoms with van der Waals surface area (Å²) in [6.45, 7) is 2.98. The molecule has 0 spiro atoms. The number of allylic oxidation sites excluding steroid dienone is 3. The predicted octanol–water partition coefficient (Wildman–Crippen LogP) is 2.45. The van der Waals surface area contributed by atoms with Crippen molar-refractivity contribution in [1.82, 2.24) is 5.32 Å². The number of carbonyl (C=O) groups is 1. The van der Waals surface area contributed by atoms with Gasteiger partial charge in [-0.05, 0) is 25.7 Å². The highest BCUT2D eigenvalue weighted by Crippen LogP contribution is 2.26. The molecule has 1 amide bonds. The first-order chi connectivity index (χ1) is 21.4. The summed E-state index contributed by atoms with van der Waals surface area (Å²) >= 11 is 0. The van der Waals surface area contributed by atoms with Crippen LogP contribution in [-0.4, -0.2) is 107 Å². The van der Waals surface area contributed by atoms with E-state index in [1.807, 2.05) is 6.08 Å². The Morgan fingerprint density at radius 1 is 0.889 bits per heavy atom. The van der Waals surface area contributed by atoms with Gasteiger partial charge in [0.1, 0.15) is 30.5 Å². The van der Waals surface area contributed by atoms with Crippen LogP contribution in [0.4, 0.5) is 0 Å². The van der Waals surface area contributed by atoms with Crippen LogP contribution < -0.4 is 5.32 Å². The summed E-state index contributed by atoms with van der Waals surface area (Å²) in [5.74, 6) is -0.723. The molecule has 0 saturated carbocycles. The molecule has 264 valence electrons. The molecular weight excluding hydrogens is 610 g/mol. The number of carbonyl (C=O) groups excluding carboxylic acids is 1. The molecule has 0 bridgehead atoms. The van der Waals surface area contributed by atoms with Crippen LogP contribution in [0.2, 0.25) is 0 Å². The van der Waals surface area contributed by atoms with Gasteiger partial charge in [-0.3, -0.25) is 9.35 Å². The van der Waals surface area contributed by atoms with E-state index in [4.69, 9.17) is 14.0 Å². The lowest BCUT2D eigenvalue weighted by atomic mass is 9.99. The fourth-order valence-electron chi connectivity index (χ4n) is 4.89. The van der Waals surface area contributed by atoms with Gasteiger partial charge in [0, 0.05) is 0 Å². The van der Waals surface area contributed by atoms with E-state index in [0.29, 0.717) is 12.8 Å². The molecule has 0 aromatic carbocycles. The first-order valence-electron chi connectivity index (χ1n) is 16.3. The maximum atomic E-state index is 12.8. The molecule has 1 saturated heterocycles. The molecule has 1 aliphatic heterocycles. The van der Waals surface area contributed by atoms with Gasteiger partial charge in [-0.1, -0.05) is 102 Å². The molecule has 1 fully saturated rings. The summed E-state index contributed by atoms with van der Waals surface area (Å²) in [5, 5.41) is 54.3. The lowest BCUT2D eigenvalue weighted by Crippen LogP contribution is -2.61. The molecule has 8 unspecified atom stereocenters. The number of hydrogen-bond donors (Lipinski definition) is 7. The van der Waals surface area contributed by atoms with Gasteiger partial charge >= 0.3 is 10.4 Å². The molecule has 8 atom stereocenters. The van der Waals surface area contributed by atoms with Gasteiger partial charge in [0.25, 0.3) is 0 Å². The zero-order chi connectivity index (χ0) is 33.7. The van der Waals surface area contributed by atoms with E-state index < -0.39 is 78.5 Å². The summed E-state index contributed by atoms with van der Waals surface area (Å²) in [4.78, 5) is 12.8. The van der Waals surface area contributed by atoms with Crippen molar-refractivity contribution in [3.8, 4) is 0 Å². The highest BCUT2D eigenvalue weighted by atomic mass is 32.3. The molecule has 7 N–H and O–H groups in total. The number of rotatable bonds is 25. The van der Waals surface area contributed by atoms with Gasteiger partial charge in [-0.25, -0.2) is 4.18 Å². The Kier molecular flexibility index (Phi) is 22.0. The standard InChI is InChI=1S/C31H57NO12S/c1-3-5-7-9-11-12-14-16-18-20-25(35)30(38)32-23(24(34)19-17-15-13-10-8-6-4-2)22-42-31-28(37)29(44-45(39,40)41)27(36)26(21-33)43-31/h8,10,17,19,23-29,31,33-37H,3-7,9,11-16,18,20-22H2,1-2H3,(H,32,38)(H,39,40,41)/b10-8+,19-17+. The second-order valence-corrected chi connectivity index (χ2v) is 12.6. The molecule has 14 heteroatoms. The Labute approximate surface area is 268 Å². The number of aliphatic hydroxyl groups excluding tert-OH is 5. The fourth-order valence-corrected chi connectivity index (χ4v) is 5.40. The van der Waals surface area contributed by atoms with Crippen molar-refractivity contribution in [3.05, 3.63) is 24.3 Å². The minimum atomic E-state index is -5.11. The highest BCUT2D eigenvalue weighted by molar-refractivity contribution is 7.80. The zero-order valence-electron chi connectivity index (χ0n) is 26.8. The van der Waals surface area contributed by atoms with Crippen LogP contribution in [0.5, 0.6) is 0 Å². The molecule has 1 aliphatic rings. The van der Waals surface area contributed by atoms with E-state index in [1.165, 1.54) is 38.2 Å². The largest absolute Gasteiger partial charge is 0.397 e. The van der Waals surface area contributed by atoms with Crippen molar-refractivity contribution in [2.24, 2.45) is 0 Å². The predicted molar refractivity (Wildman–Crippen MR) is 168 cm³/mol. The van der Waals surface area contributed by atoms with Crippen molar-refractivity contribution < 1.29 is 57.0 Å². The summed E-state index contributed by atoms with van der Waals surface area (Å²) in [6.07, 6.45) is 9.22. The average Bonchev–Trinajstić information content (AvgIpc) is 2.99. The Hall–Kier alpha value is -1.46. The third-order valence-electron chi connectivity index (χ3n) is 7.57. The second-order valence-electron chi connectivity index (χ2n) is 11.5. The number of unbranched alkanes of at least 4 members (excludes halogenated alkanes) is 10. The molecule has 1 heterocycles. The summed E-state index contributed by atoms with van der Waals surface area (Å²) < 4.78 is 46.9. The lowest BCUT2D eigenvalue weighted by molar-refractivity contribution is -0.298. The topological polar surface area (TPSA) is 212 Å². The maximum absolute atomic E-state index is 12.8. The van der Waals surface area contributed by atoms with E-state index in [-0.39, 0.29) is 6.42 Å². The average molecular weight is 668 g/mol. The van der Waals surface area contributed by atoms with E-state index >= 15 is 0 Å². The minimum absolute atomic E-state index is 0.237. The zero-order valence-corrected chi connectivity index (χ0v) is 27.6. The third-order valence-corrected chi connectivity index (χ3v) is 8.04. The Bertz CT molecular complexity index is 947. The van der Waals surface area contributed by atoms with Crippen LogP contribution in [0.15, 0.2) is 24.3 Å². The van der Waals surface area contributed by atoms with Gasteiger partial charge in [-0.15, -0.1) is 0 Å². The first-order valence-corrected chi connectivity index (χ1v) is 17.7. The van der Waals surface area contributed by atoms with Crippen LogP contribution in [0, 0.1) is 0 Å². The smallest absolute Gasteiger partial charge is 0.394 e. The minimum Gasteiger partial charge on any atom is -0.394 e. The number of nitrogens with one attached hydrogen (secondary N) is 1. The van der Waals surface area contributed by atoms with Crippen LogP contribution >= 0.6 is 0 Å². The molecule has 0 aromatic heterocycles. The Morgan fingerprint density at radius 2 is 1.49 bits per heavy atom. The van der Waals surface area contributed by atoms with E-state index in [1.54, 1.807) is 6.08 Å². The summed E-state index contributed by atoms with van der Waals surface area (Å²) in [7, 11) is -5.11. The van der Waals surface area contributed by atoms with Crippen LogP contribution in [-0.2, 0) is 28.9 Å². The number of ether oxygens (including phenoxy) is 2. The SMILES string of the molecule is CCC/C=C/CC/C=C/C(O)C(COC1OC(CO)C(O)C(OS(=O)(=O)O)C1O)NC(=O)C(O)CCCCCCCCCCC. The third kappa shape index (κ3) is 17.9. The summed E-state index contributed by atoms with van der Waals surface area (Å²) in [5.41, 5.74) is 0. The number of aliphatic hydroxyl groups is 5. The van der Waals surface area contributed by atoms with Crippen molar-refractivity contribution in [2.75, 3.05) is 13.2 Å². The molecule has 0 aliphatic carbocycles. The van der Waals surface area contributed by atoms with E-state index in [9.17, 15) is 38.7 Å². The van der Waals surface area contributed by atoms with E-state index in [2.05, 4.69) is 29.4 Å². The maximum Gasteiger partial charge on any atom is 0.397 e. The Morgan fingerprint density at radius 3 is 2.09 bits per heavy atom.